The van der Waals surface area contributed by atoms with Gasteiger partial charge in [0.1, 0.15) is 6.23 Å². The Labute approximate surface area is 110 Å². The van der Waals surface area contributed by atoms with Gasteiger partial charge in [-0.15, -0.1) is 0 Å². The Morgan fingerprint density at radius 2 is 1.78 bits per heavy atom. The van der Waals surface area contributed by atoms with Crippen LogP contribution >= 0.6 is 0 Å². The molecule has 104 valence electrons. The molecule has 1 unspecified atom stereocenters. The second kappa shape index (κ2) is 6.53. The summed E-state index contributed by atoms with van der Waals surface area (Å²) < 4.78 is 10.9. The molecule has 1 heterocycles. The molecule has 0 aromatic carbocycles. The van der Waals surface area contributed by atoms with Crippen LogP contribution in [0.25, 0.3) is 0 Å². The number of hydrogen-bond acceptors (Lipinski definition) is 4. The fourth-order valence-electron chi connectivity index (χ4n) is 3.07. The number of esters is 1. The van der Waals surface area contributed by atoms with Crippen molar-refractivity contribution in [1.29, 1.82) is 0 Å². The van der Waals surface area contributed by atoms with Crippen LogP contribution in [0, 0.1) is 5.92 Å². The summed E-state index contributed by atoms with van der Waals surface area (Å²) in [6.07, 6.45) is 6.92. The maximum absolute atomic E-state index is 11.4. The highest BCUT2D eigenvalue weighted by molar-refractivity contribution is 5.72. The van der Waals surface area contributed by atoms with E-state index in [1.165, 1.54) is 33.0 Å². The molecule has 0 spiro atoms. The topological polar surface area (TPSA) is 38.8 Å². The van der Waals surface area contributed by atoms with E-state index in [1.807, 2.05) is 0 Å². The van der Waals surface area contributed by atoms with Crippen LogP contribution in [0.15, 0.2) is 0 Å². The Morgan fingerprint density at radius 3 is 2.33 bits per heavy atom. The van der Waals surface area contributed by atoms with Crippen molar-refractivity contribution in [1.82, 2.24) is 4.90 Å². The van der Waals surface area contributed by atoms with E-state index in [9.17, 15) is 4.79 Å². The lowest BCUT2D eigenvalue weighted by atomic mass is 9.87. The molecular weight excluding hydrogens is 230 g/mol. The van der Waals surface area contributed by atoms with E-state index >= 15 is 0 Å². The lowest BCUT2D eigenvalue weighted by Gasteiger charge is -2.32. The van der Waals surface area contributed by atoms with Gasteiger partial charge in [-0.3, -0.25) is 9.69 Å². The molecule has 0 amide bonds. The van der Waals surface area contributed by atoms with Crippen molar-refractivity contribution in [3.05, 3.63) is 0 Å². The maximum Gasteiger partial charge on any atom is 0.308 e. The molecule has 1 atom stereocenters. The van der Waals surface area contributed by atoms with Crippen molar-refractivity contribution in [2.75, 3.05) is 20.2 Å². The van der Waals surface area contributed by atoms with Gasteiger partial charge < -0.3 is 9.47 Å². The molecule has 1 aliphatic heterocycles. The molecular formula is C14H25NO3. The Bertz CT molecular complexity index is 268. The Kier molecular flexibility index (Phi) is 5.01. The van der Waals surface area contributed by atoms with E-state index in [4.69, 9.17) is 9.47 Å². The number of rotatable bonds is 4. The van der Waals surface area contributed by atoms with Gasteiger partial charge in [-0.25, -0.2) is 0 Å². The van der Waals surface area contributed by atoms with Crippen molar-refractivity contribution in [3.63, 3.8) is 0 Å². The largest absolute Gasteiger partial charge is 0.469 e. The standard InChI is InChI=1S/C14H25NO3/c1-11(15-9-3-4-10-15)18-13-7-5-12(6-8-13)14(16)17-2/h11-13H,3-10H2,1-2H3/t11?,12-,13-. The first-order chi connectivity index (χ1) is 8.70. The van der Waals surface area contributed by atoms with E-state index in [0.717, 1.165) is 25.7 Å². The zero-order chi connectivity index (χ0) is 13.0. The second-order valence-electron chi connectivity index (χ2n) is 5.48. The summed E-state index contributed by atoms with van der Waals surface area (Å²) in [5, 5.41) is 0. The summed E-state index contributed by atoms with van der Waals surface area (Å²) in [5.74, 6) is 0.0398. The predicted molar refractivity (Wildman–Crippen MR) is 69.1 cm³/mol. The quantitative estimate of drug-likeness (QED) is 0.722. The summed E-state index contributed by atoms with van der Waals surface area (Å²) in [4.78, 5) is 13.8. The minimum absolute atomic E-state index is 0.0546. The highest BCUT2D eigenvalue weighted by Gasteiger charge is 2.29. The summed E-state index contributed by atoms with van der Waals surface area (Å²) in [6, 6.07) is 0. The van der Waals surface area contributed by atoms with Crippen LogP contribution < -0.4 is 0 Å². The van der Waals surface area contributed by atoms with Gasteiger partial charge in [-0.1, -0.05) is 0 Å². The Balaban J connectivity index is 1.71. The third-order valence-electron chi connectivity index (χ3n) is 4.25. The molecule has 2 rings (SSSR count). The molecule has 0 radical (unpaired) electrons. The van der Waals surface area contributed by atoms with Crippen LogP contribution in [0.2, 0.25) is 0 Å². The molecule has 2 aliphatic rings. The zero-order valence-corrected chi connectivity index (χ0v) is 11.6. The van der Waals surface area contributed by atoms with E-state index in [1.54, 1.807) is 0 Å². The van der Waals surface area contributed by atoms with E-state index in [2.05, 4.69) is 11.8 Å². The predicted octanol–water partition coefficient (Wildman–Crippen LogP) is 2.18. The highest BCUT2D eigenvalue weighted by Crippen LogP contribution is 2.28. The fraction of sp³-hybridized carbons (Fsp3) is 0.929. The number of ether oxygens (including phenoxy) is 2. The van der Waals surface area contributed by atoms with Crippen LogP contribution in [0.5, 0.6) is 0 Å². The molecule has 4 heteroatoms. The second-order valence-corrected chi connectivity index (χ2v) is 5.48. The molecule has 2 fully saturated rings. The van der Waals surface area contributed by atoms with Gasteiger partial charge in [-0.05, 0) is 45.4 Å². The smallest absolute Gasteiger partial charge is 0.308 e. The molecule has 4 nitrogen and oxygen atoms in total. The summed E-state index contributed by atoms with van der Waals surface area (Å²) >= 11 is 0. The van der Waals surface area contributed by atoms with Gasteiger partial charge in [0, 0.05) is 13.1 Å². The van der Waals surface area contributed by atoms with Crippen molar-refractivity contribution >= 4 is 5.97 Å². The summed E-state index contributed by atoms with van der Waals surface area (Å²) in [5.41, 5.74) is 0. The van der Waals surface area contributed by atoms with Gasteiger partial charge in [0.25, 0.3) is 0 Å². The molecule has 1 aliphatic carbocycles. The minimum Gasteiger partial charge on any atom is -0.469 e. The lowest BCUT2D eigenvalue weighted by Crippen LogP contribution is -2.37. The average Bonchev–Trinajstić information content (AvgIpc) is 2.92. The molecule has 0 aromatic rings. The van der Waals surface area contributed by atoms with Crippen LogP contribution in [-0.4, -0.2) is 43.4 Å². The average molecular weight is 255 g/mol. The van der Waals surface area contributed by atoms with E-state index in [-0.39, 0.29) is 18.1 Å². The number of nitrogens with zero attached hydrogens (tertiary/aromatic N) is 1. The number of carbonyl (C=O) groups is 1. The normalized spacial score (nSPS) is 31.2. The highest BCUT2D eigenvalue weighted by atomic mass is 16.5. The van der Waals surface area contributed by atoms with Gasteiger partial charge >= 0.3 is 5.97 Å². The van der Waals surface area contributed by atoms with Crippen LogP contribution in [-0.2, 0) is 14.3 Å². The molecule has 1 saturated carbocycles. The first-order valence-corrected chi connectivity index (χ1v) is 7.18. The summed E-state index contributed by atoms with van der Waals surface area (Å²) in [6.45, 7) is 4.48. The number of carbonyl (C=O) groups excluding carboxylic acids is 1. The molecule has 0 N–H and O–H groups in total. The maximum atomic E-state index is 11.4. The van der Waals surface area contributed by atoms with Crippen molar-refractivity contribution < 1.29 is 14.3 Å². The van der Waals surface area contributed by atoms with Gasteiger partial charge in [0.05, 0.1) is 19.1 Å². The monoisotopic (exact) mass is 255 g/mol. The molecule has 1 saturated heterocycles. The lowest BCUT2D eigenvalue weighted by molar-refractivity contribution is -0.149. The molecule has 0 aromatic heterocycles. The van der Waals surface area contributed by atoms with Crippen LogP contribution in [0.1, 0.15) is 45.4 Å². The van der Waals surface area contributed by atoms with Crippen molar-refractivity contribution in [2.24, 2.45) is 5.92 Å². The third kappa shape index (κ3) is 3.45. The van der Waals surface area contributed by atoms with Crippen LogP contribution in [0.3, 0.4) is 0 Å². The van der Waals surface area contributed by atoms with E-state index in [0.29, 0.717) is 6.10 Å². The SMILES string of the molecule is COC(=O)[C@H]1CC[C@H](OC(C)N2CCCC2)CC1. The van der Waals surface area contributed by atoms with Crippen molar-refractivity contribution in [3.8, 4) is 0 Å². The van der Waals surface area contributed by atoms with Crippen LogP contribution in [0.4, 0.5) is 0 Å². The molecule has 0 bridgehead atoms. The minimum atomic E-state index is -0.0546. The first kappa shape index (κ1) is 13.8. The number of methoxy groups -OCH3 is 1. The number of hydrogen-bond donors (Lipinski definition) is 0. The van der Waals surface area contributed by atoms with Gasteiger partial charge in [-0.2, -0.15) is 0 Å². The Morgan fingerprint density at radius 1 is 1.17 bits per heavy atom. The van der Waals surface area contributed by atoms with Gasteiger partial charge in [0.2, 0.25) is 0 Å². The molecule has 18 heavy (non-hydrogen) atoms. The Hall–Kier alpha value is -0.610. The third-order valence-corrected chi connectivity index (χ3v) is 4.25. The fourth-order valence-corrected chi connectivity index (χ4v) is 3.07. The zero-order valence-electron chi connectivity index (χ0n) is 11.6. The van der Waals surface area contributed by atoms with Gasteiger partial charge in [0.15, 0.2) is 0 Å². The first-order valence-electron chi connectivity index (χ1n) is 7.18. The van der Waals surface area contributed by atoms with E-state index < -0.39 is 0 Å². The number of likely N-dealkylation sites (tertiary alicyclic amines) is 1. The van der Waals surface area contributed by atoms with Crippen molar-refractivity contribution in [2.45, 2.75) is 57.8 Å². The summed E-state index contributed by atoms with van der Waals surface area (Å²) in [7, 11) is 1.47.